The number of carbonyl (C=O) groups is 2. The van der Waals surface area contributed by atoms with E-state index >= 15 is 0 Å². The molecule has 2 heterocycles. The Morgan fingerprint density at radius 1 is 1.18 bits per heavy atom. The Balaban J connectivity index is 1.62. The molecular weight excluding hydrogens is 369 g/mol. The molecule has 8 nitrogen and oxygen atoms in total. The van der Waals surface area contributed by atoms with E-state index in [1.54, 1.807) is 26.0 Å². The highest BCUT2D eigenvalue weighted by atomic mass is 19.1. The second kappa shape index (κ2) is 8.47. The summed E-state index contributed by atoms with van der Waals surface area (Å²) >= 11 is 0. The zero-order valence-corrected chi connectivity index (χ0v) is 15.2. The van der Waals surface area contributed by atoms with Crippen molar-refractivity contribution in [2.24, 2.45) is 5.92 Å². The van der Waals surface area contributed by atoms with Crippen molar-refractivity contribution in [3.63, 3.8) is 0 Å². The van der Waals surface area contributed by atoms with Crippen LogP contribution in [0.25, 0.3) is 11.7 Å². The highest BCUT2D eigenvalue weighted by molar-refractivity contribution is 5.97. The molecule has 28 heavy (non-hydrogen) atoms. The van der Waals surface area contributed by atoms with Crippen LogP contribution in [0, 0.1) is 11.7 Å². The van der Waals surface area contributed by atoms with Gasteiger partial charge in [0.1, 0.15) is 11.9 Å². The number of esters is 1. The summed E-state index contributed by atoms with van der Waals surface area (Å²) in [6.45, 7) is 3.19. The van der Waals surface area contributed by atoms with Crippen molar-refractivity contribution in [2.75, 3.05) is 0 Å². The number of amides is 1. The van der Waals surface area contributed by atoms with Crippen LogP contribution in [0.15, 0.2) is 51.5 Å². The van der Waals surface area contributed by atoms with Crippen molar-refractivity contribution >= 4 is 11.9 Å². The molecule has 1 amide bonds. The summed E-state index contributed by atoms with van der Waals surface area (Å²) in [6, 6.07) is 7.86. The Morgan fingerprint density at radius 2 is 1.96 bits per heavy atom. The summed E-state index contributed by atoms with van der Waals surface area (Å²) in [5, 5.41) is 10.1. The topological polar surface area (TPSA) is 107 Å². The lowest BCUT2D eigenvalue weighted by Crippen LogP contribution is -2.45. The molecule has 0 spiro atoms. The van der Waals surface area contributed by atoms with E-state index in [-0.39, 0.29) is 29.9 Å². The van der Waals surface area contributed by atoms with Crippen LogP contribution in [0.4, 0.5) is 4.39 Å². The minimum absolute atomic E-state index is 0.0719. The quantitative estimate of drug-likeness (QED) is 0.621. The molecule has 1 atom stereocenters. The fourth-order valence-electron chi connectivity index (χ4n) is 2.40. The van der Waals surface area contributed by atoms with Crippen LogP contribution >= 0.6 is 0 Å². The molecule has 0 bridgehead atoms. The van der Waals surface area contributed by atoms with Gasteiger partial charge in [0.2, 0.25) is 0 Å². The minimum atomic E-state index is -0.973. The summed E-state index contributed by atoms with van der Waals surface area (Å²) < 4.78 is 29.4. The van der Waals surface area contributed by atoms with Crippen molar-refractivity contribution < 1.29 is 27.6 Å². The van der Waals surface area contributed by atoms with Crippen LogP contribution in [0.2, 0.25) is 0 Å². The van der Waals surface area contributed by atoms with Crippen LogP contribution in [-0.2, 0) is 16.1 Å². The zero-order valence-electron chi connectivity index (χ0n) is 15.2. The van der Waals surface area contributed by atoms with E-state index in [1.165, 1.54) is 30.5 Å². The molecule has 3 aromatic rings. The van der Waals surface area contributed by atoms with Gasteiger partial charge in [-0.3, -0.25) is 4.79 Å². The molecule has 0 unspecified atom stereocenters. The van der Waals surface area contributed by atoms with Gasteiger partial charge in [-0.25, -0.2) is 9.18 Å². The average molecular weight is 387 g/mol. The minimum Gasteiger partial charge on any atom is -0.459 e. The normalized spacial score (nSPS) is 12.0. The monoisotopic (exact) mass is 387 g/mol. The maximum absolute atomic E-state index is 13.8. The summed E-state index contributed by atoms with van der Waals surface area (Å²) in [4.78, 5) is 24.7. The number of hydrogen-bond donors (Lipinski definition) is 1. The second-order valence-electron chi connectivity index (χ2n) is 6.26. The molecular formula is C19H18FN3O5. The Hall–Kier alpha value is -3.49. The fraction of sp³-hybridized carbons (Fsp3) is 0.263. The summed E-state index contributed by atoms with van der Waals surface area (Å²) in [7, 11) is 0. The van der Waals surface area contributed by atoms with E-state index in [9.17, 15) is 14.0 Å². The largest absolute Gasteiger partial charge is 0.459 e. The lowest BCUT2D eigenvalue weighted by Gasteiger charge is -2.20. The highest BCUT2D eigenvalue weighted by Gasteiger charge is 2.27. The lowest BCUT2D eigenvalue weighted by molar-refractivity contribution is -0.149. The summed E-state index contributed by atoms with van der Waals surface area (Å²) in [6.07, 6.45) is 1.46. The van der Waals surface area contributed by atoms with Gasteiger partial charge in [0.25, 0.3) is 17.7 Å². The van der Waals surface area contributed by atoms with Crippen molar-refractivity contribution in [1.29, 1.82) is 0 Å². The van der Waals surface area contributed by atoms with E-state index in [0.717, 1.165) is 0 Å². The van der Waals surface area contributed by atoms with Crippen molar-refractivity contribution in [3.8, 4) is 11.7 Å². The lowest BCUT2D eigenvalue weighted by atomic mass is 10.0. The third-order valence-electron chi connectivity index (χ3n) is 3.86. The molecule has 2 aromatic heterocycles. The predicted octanol–water partition coefficient (Wildman–Crippen LogP) is 2.97. The smallest absolute Gasteiger partial charge is 0.329 e. The van der Waals surface area contributed by atoms with Crippen molar-refractivity contribution in [2.45, 2.75) is 26.5 Å². The van der Waals surface area contributed by atoms with Gasteiger partial charge in [0.15, 0.2) is 12.4 Å². The van der Waals surface area contributed by atoms with Crippen LogP contribution in [0.5, 0.6) is 0 Å². The summed E-state index contributed by atoms with van der Waals surface area (Å²) in [5.41, 5.74) is -0.152. The zero-order chi connectivity index (χ0) is 20.1. The highest BCUT2D eigenvalue weighted by Crippen LogP contribution is 2.18. The number of benzene rings is 1. The second-order valence-corrected chi connectivity index (χ2v) is 6.26. The number of hydrogen-bond acceptors (Lipinski definition) is 7. The van der Waals surface area contributed by atoms with E-state index in [1.807, 2.05) is 0 Å². The number of furan rings is 1. The number of rotatable bonds is 7. The first kappa shape index (κ1) is 19.3. The van der Waals surface area contributed by atoms with Gasteiger partial charge in [-0.15, -0.1) is 10.2 Å². The number of aromatic nitrogens is 2. The summed E-state index contributed by atoms with van der Waals surface area (Å²) in [5.74, 6) is -1.74. The van der Waals surface area contributed by atoms with E-state index in [2.05, 4.69) is 15.5 Å². The first-order valence-corrected chi connectivity index (χ1v) is 8.54. The molecule has 0 aliphatic rings. The number of nitrogens with one attached hydrogen (secondary N) is 1. The van der Waals surface area contributed by atoms with Crippen LogP contribution in [0.3, 0.4) is 0 Å². The number of halogens is 1. The predicted molar refractivity (Wildman–Crippen MR) is 94.3 cm³/mol. The Labute approximate surface area is 159 Å². The third kappa shape index (κ3) is 4.43. The van der Waals surface area contributed by atoms with Crippen LogP contribution < -0.4 is 5.32 Å². The molecule has 1 N–H and O–H groups in total. The Morgan fingerprint density at radius 3 is 2.64 bits per heavy atom. The van der Waals surface area contributed by atoms with Gasteiger partial charge in [-0.05, 0) is 30.2 Å². The molecule has 0 fully saturated rings. The van der Waals surface area contributed by atoms with Gasteiger partial charge >= 0.3 is 5.97 Å². The first-order valence-electron chi connectivity index (χ1n) is 8.54. The molecule has 0 aliphatic heterocycles. The van der Waals surface area contributed by atoms with E-state index in [4.69, 9.17) is 13.6 Å². The Kier molecular flexibility index (Phi) is 5.83. The van der Waals surface area contributed by atoms with E-state index < -0.39 is 23.7 Å². The maximum atomic E-state index is 13.8. The van der Waals surface area contributed by atoms with E-state index in [0.29, 0.717) is 5.76 Å². The number of nitrogens with zero attached hydrogens (tertiary/aromatic N) is 2. The van der Waals surface area contributed by atoms with Gasteiger partial charge in [-0.1, -0.05) is 26.0 Å². The van der Waals surface area contributed by atoms with Crippen molar-refractivity contribution in [3.05, 3.63) is 59.9 Å². The SMILES string of the molecule is CC(C)[C@H](NC(=O)c1ccccc1F)C(=O)OCc1nnc(-c2ccco2)o1. The van der Waals surface area contributed by atoms with Crippen LogP contribution in [0.1, 0.15) is 30.1 Å². The molecule has 0 saturated carbocycles. The van der Waals surface area contributed by atoms with Gasteiger partial charge in [0.05, 0.1) is 11.8 Å². The Bertz CT molecular complexity index is 952. The molecule has 3 rings (SSSR count). The van der Waals surface area contributed by atoms with Gasteiger partial charge in [-0.2, -0.15) is 0 Å². The molecule has 9 heteroatoms. The fourth-order valence-corrected chi connectivity index (χ4v) is 2.40. The van der Waals surface area contributed by atoms with Gasteiger partial charge < -0.3 is 18.9 Å². The molecule has 0 saturated heterocycles. The number of carbonyl (C=O) groups excluding carboxylic acids is 2. The van der Waals surface area contributed by atoms with Crippen molar-refractivity contribution in [1.82, 2.24) is 15.5 Å². The average Bonchev–Trinajstić information content (AvgIpc) is 3.35. The maximum Gasteiger partial charge on any atom is 0.329 e. The molecule has 0 radical (unpaired) electrons. The third-order valence-corrected chi connectivity index (χ3v) is 3.86. The molecule has 1 aromatic carbocycles. The van der Waals surface area contributed by atoms with Crippen LogP contribution in [-0.4, -0.2) is 28.1 Å². The standard InChI is InChI=1S/C19H18FN3O5/c1-11(2)16(21-17(24)12-6-3-4-7-13(12)20)19(25)27-10-15-22-23-18(28-15)14-8-5-9-26-14/h3-9,11,16H,10H2,1-2H3,(H,21,24)/t16-/m0/s1. The molecule has 0 aliphatic carbocycles. The first-order chi connectivity index (χ1) is 13.5. The molecule has 146 valence electrons. The van der Waals surface area contributed by atoms with Gasteiger partial charge in [0, 0.05) is 0 Å². The number of ether oxygens (including phenoxy) is 1.